The average Bonchev–Trinajstić information content (AvgIpc) is 2.99. The van der Waals surface area contributed by atoms with Crippen molar-refractivity contribution in [1.29, 1.82) is 5.26 Å². The Hall–Kier alpha value is -2.71. The first kappa shape index (κ1) is 18.1. The Morgan fingerprint density at radius 3 is 2.46 bits per heavy atom. The number of nitriles is 1. The van der Waals surface area contributed by atoms with Gasteiger partial charge in [-0.25, -0.2) is 4.98 Å². The number of hydrogen-bond donors (Lipinski definition) is 0. The lowest BCUT2D eigenvalue weighted by atomic mass is 10.2. The van der Waals surface area contributed by atoms with E-state index in [1.54, 1.807) is 0 Å². The minimum Gasteiger partial charge on any atom is -0.372 e. The van der Waals surface area contributed by atoms with Crippen LogP contribution in [0, 0.1) is 11.3 Å². The van der Waals surface area contributed by atoms with Crippen LogP contribution in [0.25, 0.3) is 17.1 Å². The van der Waals surface area contributed by atoms with Gasteiger partial charge in [-0.1, -0.05) is 24.3 Å². The zero-order valence-electron chi connectivity index (χ0n) is 15.3. The maximum Gasteiger partial charge on any atom is 0.174 e. The second-order valence-electron chi connectivity index (χ2n) is 5.93. The summed E-state index contributed by atoms with van der Waals surface area (Å²) in [7, 11) is 1.98. The fraction of sp³-hybridized carbons (Fsp3) is 0.238. The molecule has 0 atom stereocenters. The number of hydrogen-bond acceptors (Lipinski definition) is 4. The summed E-state index contributed by atoms with van der Waals surface area (Å²) in [5.74, 6) is 0. The Morgan fingerprint density at radius 2 is 1.85 bits per heavy atom. The molecule has 0 aliphatic heterocycles. The highest BCUT2D eigenvalue weighted by Crippen LogP contribution is 2.29. The third kappa shape index (κ3) is 3.76. The van der Waals surface area contributed by atoms with Gasteiger partial charge in [-0.05, 0) is 61.5 Å². The van der Waals surface area contributed by atoms with Gasteiger partial charge in [0.2, 0.25) is 0 Å². The first-order chi connectivity index (χ1) is 12.7. The summed E-state index contributed by atoms with van der Waals surface area (Å²) in [6.07, 6.45) is 1.91. The minimum atomic E-state index is 0.624. The van der Waals surface area contributed by atoms with Crippen molar-refractivity contribution < 1.29 is 0 Å². The van der Waals surface area contributed by atoms with Gasteiger partial charge in [0.05, 0.1) is 15.9 Å². The number of anilines is 1. The summed E-state index contributed by atoms with van der Waals surface area (Å²) >= 11 is 1.40. The molecule has 3 aromatic rings. The van der Waals surface area contributed by atoms with Crippen LogP contribution in [0.4, 0.5) is 5.69 Å². The topological polar surface area (TPSA) is 44.9 Å². The highest BCUT2D eigenvalue weighted by Gasteiger charge is 2.10. The minimum absolute atomic E-state index is 0.624. The number of aryl methyl sites for hydroxylation is 1. The molecule has 0 radical (unpaired) electrons. The van der Waals surface area contributed by atoms with Crippen molar-refractivity contribution in [3.63, 3.8) is 0 Å². The standard InChI is InChI=1S/C21H22N4S/c1-4-25(5-2)17-12-10-16(11-13-17)14-18(15-22)26-21-23-19-8-6-7-9-20(19)24(21)3/h6-14H,4-5H2,1-3H3/b18-14+. The summed E-state index contributed by atoms with van der Waals surface area (Å²) in [5.41, 5.74) is 4.23. The number of imidazole rings is 1. The molecule has 26 heavy (non-hydrogen) atoms. The summed E-state index contributed by atoms with van der Waals surface area (Å²) < 4.78 is 2.02. The van der Waals surface area contributed by atoms with Crippen molar-refractivity contribution in [2.24, 2.45) is 7.05 Å². The van der Waals surface area contributed by atoms with Crippen LogP contribution in [0.3, 0.4) is 0 Å². The average molecular weight is 363 g/mol. The van der Waals surface area contributed by atoms with Gasteiger partial charge in [0.25, 0.3) is 0 Å². The van der Waals surface area contributed by atoms with Gasteiger partial charge in [-0.2, -0.15) is 5.26 Å². The highest BCUT2D eigenvalue weighted by atomic mass is 32.2. The third-order valence-electron chi connectivity index (χ3n) is 4.38. The fourth-order valence-electron chi connectivity index (χ4n) is 2.92. The van der Waals surface area contributed by atoms with E-state index in [2.05, 4.69) is 54.1 Å². The van der Waals surface area contributed by atoms with E-state index >= 15 is 0 Å². The predicted octanol–water partition coefficient (Wildman–Crippen LogP) is 5.08. The lowest BCUT2D eigenvalue weighted by molar-refractivity contribution is 0.817. The molecule has 0 saturated heterocycles. The largest absolute Gasteiger partial charge is 0.372 e. The number of benzene rings is 2. The molecule has 1 aromatic heterocycles. The number of fused-ring (bicyclic) bond motifs is 1. The SMILES string of the molecule is CCN(CC)c1ccc(/C=C(\C#N)Sc2nc3ccccc3n2C)cc1. The van der Waals surface area contributed by atoms with Crippen molar-refractivity contribution in [1.82, 2.24) is 9.55 Å². The smallest absolute Gasteiger partial charge is 0.174 e. The number of aromatic nitrogens is 2. The molecule has 0 saturated carbocycles. The first-order valence-electron chi connectivity index (χ1n) is 8.72. The number of thioether (sulfide) groups is 1. The van der Waals surface area contributed by atoms with Gasteiger partial charge >= 0.3 is 0 Å². The van der Waals surface area contributed by atoms with Crippen LogP contribution < -0.4 is 4.90 Å². The molecule has 0 spiro atoms. The van der Waals surface area contributed by atoms with Gasteiger partial charge in [-0.15, -0.1) is 0 Å². The molecule has 0 N–H and O–H groups in total. The maximum absolute atomic E-state index is 9.55. The van der Waals surface area contributed by atoms with E-state index in [0.717, 1.165) is 34.8 Å². The van der Waals surface area contributed by atoms with Crippen molar-refractivity contribution in [2.45, 2.75) is 19.0 Å². The van der Waals surface area contributed by atoms with E-state index in [1.165, 1.54) is 17.4 Å². The Kier molecular flexibility index (Phi) is 5.65. The molecule has 2 aromatic carbocycles. The molecule has 0 unspecified atom stereocenters. The van der Waals surface area contributed by atoms with Crippen molar-refractivity contribution in [2.75, 3.05) is 18.0 Å². The number of allylic oxidation sites excluding steroid dienone is 1. The van der Waals surface area contributed by atoms with Crippen LogP contribution in [-0.4, -0.2) is 22.6 Å². The molecular weight excluding hydrogens is 340 g/mol. The monoisotopic (exact) mass is 362 g/mol. The molecule has 0 aliphatic rings. The van der Waals surface area contributed by atoms with Crippen LogP contribution in [0.5, 0.6) is 0 Å². The number of nitrogens with zero attached hydrogens (tertiary/aromatic N) is 4. The molecule has 4 nitrogen and oxygen atoms in total. The summed E-state index contributed by atoms with van der Waals surface area (Å²) in [6.45, 7) is 6.27. The first-order valence-corrected chi connectivity index (χ1v) is 9.54. The molecule has 132 valence electrons. The van der Waals surface area contributed by atoms with Crippen molar-refractivity contribution >= 4 is 34.6 Å². The van der Waals surface area contributed by atoms with Crippen LogP contribution in [0.15, 0.2) is 58.6 Å². The van der Waals surface area contributed by atoms with E-state index in [4.69, 9.17) is 0 Å². The summed E-state index contributed by atoms with van der Waals surface area (Å²) in [5, 5.41) is 10.4. The zero-order chi connectivity index (χ0) is 18.5. The van der Waals surface area contributed by atoms with Gasteiger partial charge in [-0.3, -0.25) is 0 Å². The molecular formula is C21H22N4S. The third-order valence-corrected chi connectivity index (χ3v) is 5.35. The van der Waals surface area contributed by atoms with Crippen LogP contribution in [-0.2, 0) is 7.05 Å². The molecule has 5 heteroatoms. The van der Waals surface area contributed by atoms with E-state index in [0.29, 0.717) is 4.91 Å². The summed E-state index contributed by atoms with van der Waals surface area (Å²) in [6, 6.07) is 18.6. The molecule has 3 rings (SSSR count). The normalized spacial score (nSPS) is 11.5. The van der Waals surface area contributed by atoms with Gasteiger partial charge in [0, 0.05) is 25.8 Å². The van der Waals surface area contributed by atoms with Crippen molar-refractivity contribution in [3.05, 3.63) is 59.0 Å². The molecule has 1 heterocycles. The van der Waals surface area contributed by atoms with Crippen LogP contribution in [0.2, 0.25) is 0 Å². The lowest BCUT2D eigenvalue weighted by Gasteiger charge is -2.20. The number of para-hydroxylation sites is 2. The Morgan fingerprint density at radius 1 is 1.15 bits per heavy atom. The maximum atomic E-state index is 9.55. The predicted molar refractivity (Wildman–Crippen MR) is 110 cm³/mol. The molecule has 0 amide bonds. The second-order valence-corrected chi connectivity index (χ2v) is 6.94. The summed E-state index contributed by atoms with van der Waals surface area (Å²) in [4.78, 5) is 7.55. The van der Waals surface area contributed by atoms with E-state index < -0.39 is 0 Å². The van der Waals surface area contributed by atoms with Crippen LogP contribution >= 0.6 is 11.8 Å². The fourth-order valence-corrected chi connectivity index (χ4v) is 3.74. The van der Waals surface area contributed by atoms with E-state index in [1.807, 2.05) is 42.0 Å². The van der Waals surface area contributed by atoms with E-state index in [9.17, 15) is 5.26 Å². The Labute approximate surface area is 158 Å². The van der Waals surface area contributed by atoms with Gasteiger partial charge < -0.3 is 9.47 Å². The molecule has 0 bridgehead atoms. The van der Waals surface area contributed by atoms with E-state index in [-0.39, 0.29) is 0 Å². The lowest BCUT2D eigenvalue weighted by Crippen LogP contribution is -2.21. The number of rotatable bonds is 6. The molecule has 0 fully saturated rings. The Balaban J connectivity index is 1.84. The second kappa shape index (κ2) is 8.11. The molecule has 0 aliphatic carbocycles. The van der Waals surface area contributed by atoms with Gasteiger partial charge in [0.1, 0.15) is 6.07 Å². The highest BCUT2D eigenvalue weighted by molar-refractivity contribution is 8.03. The zero-order valence-corrected chi connectivity index (χ0v) is 16.1. The van der Waals surface area contributed by atoms with Crippen LogP contribution in [0.1, 0.15) is 19.4 Å². The quantitative estimate of drug-likeness (QED) is 0.453. The van der Waals surface area contributed by atoms with Crippen molar-refractivity contribution in [3.8, 4) is 6.07 Å². The van der Waals surface area contributed by atoms with Gasteiger partial charge in [0.15, 0.2) is 5.16 Å². The Bertz CT molecular complexity index is 960.